The molecule has 0 aliphatic carbocycles. The fourth-order valence-electron chi connectivity index (χ4n) is 2.98. The summed E-state index contributed by atoms with van der Waals surface area (Å²) in [4.78, 5) is 0.147. The number of hydrogen-bond acceptors (Lipinski definition) is 5. The zero-order chi connectivity index (χ0) is 18.6. The number of benzene rings is 1. The van der Waals surface area contributed by atoms with Crippen LogP contribution in [-0.4, -0.2) is 56.7 Å². The minimum atomic E-state index is -3.75. The van der Waals surface area contributed by atoms with Crippen LogP contribution in [0.25, 0.3) is 6.08 Å². The van der Waals surface area contributed by atoms with Gasteiger partial charge in [0.05, 0.1) is 6.61 Å². The van der Waals surface area contributed by atoms with Crippen LogP contribution in [-0.2, 0) is 10.0 Å². The lowest BCUT2D eigenvalue weighted by Gasteiger charge is -2.36. The SMILES string of the molecule is C/C=C/c1ccc2c(c1)O[C@H](CNC)[C@@H](C)CN([C@H](C)CO)S2(=O)=O. The first-order valence-corrected chi connectivity index (χ1v) is 9.99. The summed E-state index contributed by atoms with van der Waals surface area (Å²) in [6.45, 7) is 6.27. The highest BCUT2D eigenvalue weighted by molar-refractivity contribution is 7.89. The van der Waals surface area contributed by atoms with Crippen LogP contribution in [0.5, 0.6) is 5.75 Å². The normalized spacial score (nSPS) is 25.0. The Bertz CT molecular complexity index is 718. The predicted molar refractivity (Wildman–Crippen MR) is 99.1 cm³/mol. The molecular formula is C18H28N2O4S. The summed E-state index contributed by atoms with van der Waals surface area (Å²) in [6.07, 6.45) is 3.63. The summed E-state index contributed by atoms with van der Waals surface area (Å²) in [7, 11) is -1.91. The molecule has 1 aromatic rings. The van der Waals surface area contributed by atoms with Gasteiger partial charge in [0.15, 0.2) is 0 Å². The number of aliphatic hydroxyl groups excluding tert-OH is 1. The molecule has 0 bridgehead atoms. The fourth-order valence-corrected chi connectivity index (χ4v) is 4.81. The summed E-state index contributed by atoms with van der Waals surface area (Å²) in [6, 6.07) is 4.61. The number of nitrogens with zero attached hydrogens (tertiary/aromatic N) is 1. The van der Waals surface area contributed by atoms with E-state index < -0.39 is 16.1 Å². The van der Waals surface area contributed by atoms with Gasteiger partial charge >= 0.3 is 0 Å². The zero-order valence-corrected chi connectivity index (χ0v) is 16.1. The van der Waals surface area contributed by atoms with Crippen molar-refractivity contribution in [3.05, 3.63) is 29.8 Å². The zero-order valence-electron chi connectivity index (χ0n) is 15.3. The van der Waals surface area contributed by atoms with E-state index >= 15 is 0 Å². The second kappa shape index (κ2) is 8.31. The molecule has 7 heteroatoms. The van der Waals surface area contributed by atoms with Crippen molar-refractivity contribution in [2.45, 2.75) is 37.8 Å². The van der Waals surface area contributed by atoms with E-state index in [0.717, 1.165) is 5.56 Å². The number of nitrogens with one attached hydrogen (secondary N) is 1. The molecule has 2 rings (SSSR count). The molecule has 2 N–H and O–H groups in total. The molecule has 6 nitrogen and oxygen atoms in total. The van der Waals surface area contributed by atoms with E-state index in [4.69, 9.17) is 4.74 Å². The minimum Gasteiger partial charge on any atom is -0.487 e. The summed E-state index contributed by atoms with van der Waals surface area (Å²) in [5.41, 5.74) is 0.884. The molecule has 0 spiro atoms. The largest absolute Gasteiger partial charge is 0.487 e. The molecule has 1 aromatic carbocycles. The monoisotopic (exact) mass is 368 g/mol. The first kappa shape index (κ1) is 19.9. The van der Waals surface area contributed by atoms with Gasteiger partial charge in [-0.2, -0.15) is 4.31 Å². The van der Waals surface area contributed by atoms with Crippen LogP contribution in [0.1, 0.15) is 26.3 Å². The topological polar surface area (TPSA) is 78.9 Å². The molecule has 0 amide bonds. The molecule has 140 valence electrons. The van der Waals surface area contributed by atoms with Gasteiger partial charge in [0, 0.05) is 25.0 Å². The van der Waals surface area contributed by atoms with E-state index in [1.54, 1.807) is 25.1 Å². The van der Waals surface area contributed by atoms with Crippen LogP contribution in [0.3, 0.4) is 0 Å². The van der Waals surface area contributed by atoms with Crippen LogP contribution >= 0.6 is 0 Å². The Balaban J connectivity index is 2.61. The van der Waals surface area contributed by atoms with Crippen LogP contribution in [0, 0.1) is 5.92 Å². The Hall–Kier alpha value is -1.41. The second-order valence-corrected chi connectivity index (χ2v) is 8.36. The maximum atomic E-state index is 13.2. The molecule has 1 aliphatic rings. The highest BCUT2D eigenvalue weighted by atomic mass is 32.2. The van der Waals surface area contributed by atoms with Gasteiger partial charge < -0.3 is 15.2 Å². The second-order valence-electron chi connectivity index (χ2n) is 6.50. The fraction of sp³-hybridized carbons (Fsp3) is 0.556. The summed E-state index contributed by atoms with van der Waals surface area (Å²) >= 11 is 0. The quantitative estimate of drug-likeness (QED) is 0.827. The van der Waals surface area contributed by atoms with Crippen LogP contribution < -0.4 is 10.1 Å². The lowest BCUT2D eigenvalue weighted by Crippen LogP contribution is -2.49. The Morgan fingerprint density at radius 1 is 1.48 bits per heavy atom. The number of rotatable bonds is 5. The van der Waals surface area contributed by atoms with Gasteiger partial charge in [0.2, 0.25) is 10.0 Å². The van der Waals surface area contributed by atoms with Gasteiger partial charge in [-0.05, 0) is 38.6 Å². The van der Waals surface area contributed by atoms with E-state index in [9.17, 15) is 13.5 Å². The highest BCUT2D eigenvalue weighted by Gasteiger charge is 2.37. The Morgan fingerprint density at radius 3 is 2.80 bits per heavy atom. The molecule has 0 saturated carbocycles. The number of fused-ring (bicyclic) bond motifs is 1. The maximum Gasteiger partial charge on any atom is 0.247 e. The maximum absolute atomic E-state index is 13.2. The van der Waals surface area contributed by atoms with Crippen molar-refractivity contribution in [2.24, 2.45) is 5.92 Å². The van der Waals surface area contributed by atoms with Crippen molar-refractivity contribution >= 4 is 16.1 Å². The minimum absolute atomic E-state index is 0.0326. The van der Waals surface area contributed by atoms with E-state index in [1.165, 1.54) is 4.31 Å². The summed E-state index contributed by atoms with van der Waals surface area (Å²) in [5, 5.41) is 12.6. The van der Waals surface area contributed by atoms with Gasteiger partial charge in [-0.3, -0.25) is 0 Å². The average molecular weight is 368 g/mol. The molecular weight excluding hydrogens is 340 g/mol. The van der Waals surface area contributed by atoms with Gasteiger partial charge in [0.1, 0.15) is 16.7 Å². The first-order chi connectivity index (χ1) is 11.8. The number of allylic oxidation sites excluding steroid dienone is 1. The molecule has 1 heterocycles. The average Bonchev–Trinajstić information content (AvgIpc) is 2.57. The summed E-state index contributed by atoms with van der Waals surface area (Å²) < 4.78 is 33.8. The van der Waals surface area contributed by atoms with Crippen molar-refractivity contribution in [3.63, 3.8) is 0 Å². The number of ether oxygens (including phenoxy) is 1. The molecule has 0 unspecified atom stereocenters. The summed E-state index contributed by atoms with van der Waals surface area (Å²) in [5.74, 6) is 0.326. The molecule has 0 saturated heterocycles. The highest BCUT2D eigenvalue weighted by Crippen LogP contribution is 2.34. The number of hydrogen-bond donors (Lipinski definition) is 2. The van der Waals surface area contributed by atoms with E-state index in [0.29, 0.717) is 18.8 Å². The number of aliphatic hydroxyl groups is 1. The third-order valence-electron chi connectivity index (χ3n) is 4.46. The van der Waals surface area contributed by atoms with E-state index in [2.05, 4.69) is 5.32 Å². The lowest BCUT2D eigenvalue weighted by molar-refractivity contribution is 0.103. The van der Waals surface area contributed by atoms with Crippen LogP contribution in [0.2, 0.25) is 0 Å². The van der Waals surface area contributed by atoms with Gasteiger partial charge in [-0.25, -0.2) is 8.42 Å². The van der Waals surface area contributed by atoms with Crippen molar-refractivity contribution in [2.75, 3.05) is 26.7 Å². The number of likely N-dealkylation sites (N-methyl/N-ethyl adjacent to an activating group) is 1. The van der Waals surface area contributed by atoms with Crippen molar-refractivity contribution < 1.29 is 18.3 Å². The van der Waals surface area contributed by atoms with Crippen molar-refractivity contribution in [1.82, 2.24) is 9.62 Å². The lowest BCUT2D eigenvalue weighted by atomic mass is 10.0. The van der Waals surface area contributed by atoms with Crippen molar-refractivity contribution in [1.29, 1.82) is 0 Å². The van der Waals surface area contributed by atoms with E-state index in [-0.39, 0.29) is 23.5 Å². The molecule has 0 fully saturated rings. The Morgan fingerprint density at radius 2 is 2.20 bits per heavy atom. The predicted octanol–water partition coefficient (Wildman–Crippen LogP) is 1.71. The smallest absolute Gasteiger partial charge is 0.247 e. The van der Waals surface area contributed by atoms with Gasteiger partial charge in [-0.1, -0.05) is 25.1 Å². The van der Waals surface area contributed by atoms with E-state index in [1.807, 2.05) is 33.0 Å². The number of sulfonamides is 1. The van der Waals surface area contributed by atoms with Crippen molar-refractivity contribution in [3.8, 4) is 5.75 Å². The van der Waals surface area contributed by atoms with Gasteiger partial charge in [-0.15, -0.1) is 0 Å². The third-order valence-corrected chi connectivity index (χ3v) is 6.48. The molecule has 25 heavy (non-hydrogen) atoms. The molecule has 3 atom stereocenters. The Labute approximate surface area is 150 Å². The molecule has 0 aromatic heterocycles. The Kier molecular flexibility index (Phi) is 6.62. The van der Waals surface area contributed by atoms with Gasteiger partial charge in [0.25, 0.3) is 0 Å². The standard InChI is InChI=1S/C18H28N2O4S/c1-5-6-15-7-8-18-16(9-15)24-17(10-19-4)13(2)11-20(14(3)12-21)25(18,22)23/h5-9,13-14,17,19,21H,10-12H2,1-4H3/b6-5+/t13-,14+,17+/m0/s1. The third kappa shape index (κ3) is 4.23. The van der Waals surface area contributed by atoms with Crippen LogP contribution in [0.15, 0.2) is 29.2 Å². The van der Waals surface area contributed by atoms with Crippen LogP contribution in [0.4, 0.5) is 0 Å². The first-order valence-electron chi connectivity index (χ1n) is 8.55. The molecule has 1 aliphatic heterocycles. The molecule has 0 radical (unpaired) electrons.